The Morgan fingerprint density at radius 2 is 1.03 bits per heavy atom. The first kappa shape index (κ1) is 59.5. The van der Waals surface area contributed by atoms with Crippen LogP contribution < -0.4 is 0 Å². The molecule has 62 heavy (non-hydrogen) atoms. The Hall–Kier alpha value is -0.492. The molecule has 0 aromatic carbocycles. The van der Waals surface area contributed by atoms with E-state index < -0.39 is 39.4 Å². The number of carbonyl (C=O) groups is 2. The molecule has 0 aromatic rings. The van der Waals surface area contributed by atoms with Gasteiger partial charge < -0.3 is 27.2 Å². The summed E-state index contributed by atoms with van der Waals surface area (Å²) >= 11 is 4.23. The topological polar surface area (TPSA) is 80.3 Å². The quantitative estimate of drug-likeness (QED) is 0.0327. The van der Waals surface area contributed by atoms with Crippen LogP contribution in [0.2, 0.25) is 72.5 Å². The van der Waals surface area contributed by atoms with E-state index in [1.54, 1.807) is 6.08 Å². The van der Waals surface area contributed by atoms with Gasteiger partial charge in [0.15, 0.2) is 33.3 Å². The minimum absolute atomic E-state index is 0.00223. The Morgan fingerprint density at radius 3 is 1.48 bits per heavy atom. The van der Waals surface area contributed by atoms with Gasteiger partial charge in [-0.25, -0.2) is 4.79 Å². The Bertz CT molecular complexity index is 1510. The highest BCUT2D eigenvalue weighted by molar-refractivity contribution is 8.18. The van der Waals surface area contributed by atoms with Gasteiger partial charge in [-0.15, -0.1) is 23.5 Å². The van der Waals surface area contributed by atoms with E-state index in [9.17, 15) is 9.59 Å². The SMILES string of the molecule is COC(=O)/C=C/C=C/C=C/C=C/C[C@H](O[Si](C)(C)C(C)(C)C)[C@@H](C)C1(C[C@@H](C[C@@H](C[C@@H](C=O)O[Si](C)(C)C(C)(C)C)O[Si](C)(C)C(C)(C)C)O[Si](C)(C)C(C)(C)C)SCCCS1. The van der Waals surface area contributed by atoms with Crippen molar-refractivity contribution in [3.63, 3.8) is 0 Å². The van der Waals surface area contributed by atoms with Gasteiger partial charge in [0.1, 0.15) is 12.4 Å². The lowest BCUT2D eigenvalue weighted by molar-refractivity contribution is -0.134. The van der Waals surface area contributed by atoms with Gasteiger partial charge in [-0.05, 0) is 110 Å². The molecule has 0 amide bonds. The monoisotopic (exact) mass is 971 g/mol. The predicted octanol–water partition coefficient (Wildman–Crippen LogP) is 14.9. The van der Waals surface area contributed by atoms with E-state index in [1.807, 2.05) is 24.3 Å². The van der Waals surface area contributed by atoms with Gasteiger partial charge in [-0.1, -0.05) is 133 Å². The molecule has 13 heteroatoms. The van der Waals surface area contributed by atoms with Crippen molar-refractivity contribution in [3.8, 4) is 0 Å². The summed E-state index contributed by atoms with van der Waals surface area (Å²) < 4.78 is 33.8. The fraction of sp³-hybridized carbons (Fsp3) is 0.796. The third-order valence-corrected chi connectivity index (χ3v) is 36.3. The number of thioether (sulfide) groups is 2. The maximum Gasteiger partial charge on any atom is 0.330 e. The number of ether oxygens (including phenoxy) is 1. The molecule has 1 saturated heterocycles. The third-order valence-electron chi connectivity index (χ3n) is 14.5. The summed E-state index contributed by atoms with van der Waals surface area (Å²) in [5.41, 5.74) is 0. The van der Waals surface area contributed by atoms with E-state index in [2.05, 4.69) is 183 Å². The predicted molar refractivity (Wildman–Crippen MR) is 283 cm³/mol. The van der Waals surface area contributed by atoms with Crippen molar-refractivity contribution >= 4 is 69.0 Å². The van der Waals surface area contributed by atoms with Crippen molar-refractivity contribution in [2.45, 2.75) is 223 Å². The lowest BCUT2D eigenvalue weighted by atomic mass is 9.91. The largest absolute Gasteiger partial charge is 0.466 e. The van der Waals surface area contributed by atoms with Gasteiger partial charge in [0.05, 0.1) is 23.4 Å². The van der Waals surface area contributed by atoms with Gasteiger partial charge >= 0.3 is 5.97 Å². The summed E-state index contributed by atoms with van der Waals surface area (Å²) in [5.74, 6) is 2.04. The molecule has 0 unspecified atom stereocenters. The van der Waals surface area contributed by atoms with Crippen LogP contribution in [0.4, 0.5) is 0 Å². The molecule has 5 atom stereocenters. The van der Waals surface area contributed by atoms with Crippen LogP contribution in [0.5, 0.6) is 0 Å². The van der Waals surface area contributed by atoms with Gasteiger partial charge in [0.25, 0.3) is 0 Å². The molecule has 0 aromatic heterocycles. The first-order chi connectivity index (χ1) is 28.0. The molecule has 360 valence electrons. The fourth-order valence-electron chi connectivity index (χ4n) is 6.21. The van der Waals surface area contributed by atoms with Crippen LogP contribution in [-0.4, -0.2) is 92.6 Å². The normalized spacial score (nSPS) is 19.3. The summed E-state index contributed by atoms with van der Waals surface area (Å²) in [6.07, 6.45) is 19.5. The molecule has 0 saturated carbocycles. The first-order valence-electron chi connectivity index (χ1n) is 23.2. The molecular weight excluding hydrogens is 877 g/mol. The first-order valence-corrected chi connectivity index (χ1v) is 36.8. The standard InChI is InChI=1S/C49H94O7S2Si4/c1-39(43(56-62(21,22)48(11,12)13)31-28-26-24-23-25-27-29-32-44(51)52-14)49(57-33-30-34-58-49)37-41(54-60(17,18)46(5,6)7)35-40(53-59(15,16)45(2,3)4)36-42(38-50)55-61(19,20)47(8,9)10/h23-29,32,38-43H,30-31,33-37H2,1-22H3/b24-23+,27-25+,28-26+,32-29+/t39-,40+,41-,42+,43+/m1/s1. The van der Waals surface area contributed by atoms with Gasteiger partial charge in [-0.2, -0.15) is 0 Å². The van der Waals surface area contributed by atoms with Crippen molar-refractivity contribution in [1.82, 2.24) is 0 Å². The molecular formula is C49H94O7S2Si4. The Kier molecular flexibility index (Phi) is 23.0. The molecule has 1 rings (SSSR count). The Morgan fingerprint density at radius 1 is 0.613 bits per heavy atom. The second-order valence-electron chi connectivity index (χ2n) is 23.6. The average Bonchev–Trinajstić information content (AvgIpc) is 3.10. The lowest BCUT2D eigenvalue weighted by Crippen LogP contribution is -2.52. The smallest absolute Gasteiger partial charge is 0.330 e. The summed E-state index contributed by atoms with van der Waals surface area (Å²) in [4.78, 5) is 24.4. The lowest BCUT2D eigenvalue weighted by Gasteiger charge is -2.50. The number of methoxy groups -OCH3 is 1. The molecule has 1 fully saturated rings. The summed E-state index contributed by atoms with van der Waals surface area (Å²) in [7, 11) is -7.57. The number of allylic oxidation sites excluding steroid dienone is 6. The van der Waals surface area contributed by atoms with Crippen LogP contribution in [0.15, 0.2) is 48.6 Å². The zero-order valence-electron chi connectivity index (χ0n) is 43.7. The van der Waals surface area contributed by atoms with E-state index in [-0.39, 0.29) is 54.4 Å². The molecule has 1 heterocycles. The molecule has 0 N–H and O–H groups in total. The van der Waals surface area contributed by atoms with E-state index in [0.717, 1.165) is 30.6 Å². The van der Waals surface area contributed by atoms with Crippen LogP contribution in [0, 0.1) is 5.92 Å². The van der Waals surface area contributed by atoms with Crippen molar-refractivity contribution in [2.75, 3.05) is 18.6 Å². The van der Waals surface area contributed by atoms with Gasteiger partial charge in [0.2, 0.25) is 0 Å². The zero-order chi connectivity index (χ0) is 48.2. The minimum Gasteiger partial charge on any atom is -0.466 e. The second-order valence-corrected chi connectivity index (χ2v) is 45.7. The molecule has 1 aliphatic rings. The van der Waals surface area contributed by atoms with Crippen LogP contribution in [0.1, 0.15) is 122 Å². The highest BCUT2D eigenvalue weighted by atomic mass is 32.2. The number of hydrogen-bond acceptors (Lipinski definition) is 9. The zero-order valence-corrected chi connectivity index (χ0v) is 49.3. The number of carbonyl (C=O) groups excluding carboxylic acids is 2. The van der Waals surface area contributed by atoms with Crippen molar-refractivity contribution in [1.29, 1.82) is 0 Å². The summed E-state index contributed by atoms with van der Waals surface area (Å²) in [6, 6.07) is 0. The maximum atomic E-state index is 13.0. The molecule has 7 nitrogen and oxygen atoms in total. The molecule has 0 radical (unpaired) electrons. The summed E-state index contributed by atoms with van der Waals surface area (Å²) in [6.45, 7) is 48.6. The maximum absolute atomic E-state index is 13.0. The van der Waals surface area contributed by atoms with E-state index >= 15 is 0 Å². The van der Waals surface area contributed by atoms with Crippen LogP contribution >= 0.6 is 23.5 Å². The molecule has 0 bridgehead atoms. The van der Waals surface area contributed by atoms with Crippen molar-refractivity contribution < 1.29 is 32.0 Å². The number of rotatable bonds is 23. The minimum atomic E-state index is -2.27. The van der Waals surface area contributed by atoms with Gasteiger partial charge in [0, 0.05) is 24.5 Å². The second kappa shape index (κ2) is 24.0. The van der Waals surface area contributed by atoms with E-state index in [0.29, 0.717) is 12.8 Å². The Balaban J connectivity index is 3.89. The molecule has 0 aliphatic carbocycles. The average molecular weight is 972 g/mol. The van der Waals surface area contributed by atoms with E-state index in [1.165, 1.54) is 19.6 Å². The summed E-state index contributed by atoms with van der Waals surface area (Å²) in [5, 5.41) is 0.0487. The van der Waals surface area contributed by atoms with Gasteiger partial charge in [-0.3, -0.25) is 0 Å². The number of hydrogen-bond donors (Lipinski definition) is 0. The third kappa shape index (κ3) is 18.7. The number of aldehydes is 1. The van der Waals surface area contributed by atoms with Crippen molar-refractivity contribution in [3.05, 3.63) is 48.6 Å². The Labute approximate surface area is 395 Å². The van der Waals surface area contributed by atoms with Crippen LogP contribution in [-0.2, 0) is 32.0 Å². The van der Waals surface area contributed by atoms with Crippen LogP contribution in [0.3, 0.4) is 0 Å². The number of esters is 1. The molecule has 1 aliphatic heterocycles. The fourth-order valence-corrected chi connectivity index (χ4v) is 15.3. The van der Waals surface area contributed by atoms with Crippen LogP contribution in [0.25, 0.3) is 0 Å². The highest BCUT2D eigenvalue weighted by Crippen LogP contribution is 2.55. The van der Waals surface area contributed by atoms with Crippen molar-refractivity contribution in [2.24, 2.45) is 5.92 Å². The van der Waals surface area contributed by atoms with E-state index in [4.69, 9.17) is 17.7 Å². The molecule has 0 spiro atoms. The highest BCUT2D eigenvalue weighted by Gasteiger charge is 2.50.